The van der Waals surface area contributed by atoms with E-state index in [1.807, 2.05) is 6.92 Å². The Hall–Kier alpha value is -2.89. The largest absolute Gasteiger partial charge is 0.493 e. The van der Waals surface area contributed by atoms with Crippen molar-refractivity contribution in [3.63, 3.8) is 0 Å². The van der Waals surface area contributed by atoms with Crippen LogP contribution in [0.1, 0.15) is 35.7 Å². The molecule has 3 rings (SSSR count). The van der Waals surface area contributed by atoms with Crippen LogP contribution in [0, 0.1) is 5.82 Å². The molecule has 0 bridgehead atoms. The quantitative estimate of drug-likeness (QED) is 0.777. The molecule has 0 atom stereocenters. The molecule has 2 amide bonds. The van der Waals surface area contributed by atoms with Gasteiger partial charge in [-0.05, 0) is 49.6 Å². The molecule has 6 heteroatoms. The van der Waals surface area contributed by atoms with E-state index in [0.717, 1.165) is 18.4 Å². The summed E-state index contributed by atoms with van der Waals surface area (Å²) in [5.74, 6) is -0.299. The second-order valence-corrected chi connectivity index (χ2v) is 6.49. The number of ether oxygens (including phenoxy) is 1. The first kappa shape index (κ1) is 18.9. The van der Waals surface area contributed by atoms with Gasteiger partial charge in [0.25, 0.3) is 5.91 Å². The summed E-state index contributed by atoms with van der Waals surface area (Å²) < 4.78 is 18.5. The van der Waals surface area contributed by atoms with Crippen molar-refractivity contribution < 1.29 is 18.7 Å². The Morgan fingerprint density at radius 3 is 2.52 bits per heavy atom. The summed E-state index contributed by atoms with van der Waals surface area (Å²) >= 11 is 0. The SMILES string of the molecule is CCOc1ccccc1C(=O)NCC(=O)N(Cc1ccc(F)cc1)C1CC1. The highest BCUT2D eigenvalue weighted by Gasteiger charge is 2.32. The van der Waals surface area contributed by atoms with E-state index in [0.29, 0.717) is 24.5 Å². The van der Waals surface area contributed by atoms with Crippen LogP contribution in [0.4, 0.5) is 4.39 Å². The lowest BCUT2D eigenvalue weighted by atomic mass is 10.2. The zero-order valence-electron chi connectivity index (χ0n) is 15.3. The number of para-hydroxylation sites is 1. The smallest absolute Gasteiger partial charge is 0.255 e. The van der Waals surface area contributed by atoms with Crippen molar-refractivity contribution in [3.05, 3.63) is 65.5 Å². The van der Waals surface area contributed by atoms with Gasteiger partial charge in [-0.15, -0.1) is 0 Å². The fraction of sp³-hybridized carbons (Fsp3) is 0.333. The van der Waals surface area contributed by atoms with Gasteiger partial charge in [0.1, 0.15) is 11.6 Å². The van der Waals surface area contributed by atoms with Gasteiger partial charge in [-0.1, -0.05) is 24.3 Å². The van der Waals surface area contributed by atoms with Crippen molar-refractivity contribution in [3.8, 4) is 5.75 Å². The van der Waals surface area contributed by atoms with Gasteiger partial charge in [-0.3, -0.25) is 9.59 Å². The van der Waals surface area contributed by atoms with Gasteiger partial charge in [-0.25, -0.2) is 4.39 Å². The van der Waals surface area contributed by atoms with Crippen molar-refractivity contribution >= 4 is 11.8 Å². The van der Waals surface area contributed by atoms with Gasteiger partial charge in [0, 0.05) is 12.6 Å². The van der Waals surface area contributed by atoms with E-state index in [4.69, 9.17) is 4.74 Å². The molecule has 0 aliphatic heterocycles. The van der Waals surface area contributed by atoms with Crippen LogP contribution >= 0.6 is 0 Å². The normalized spacial score (nSPS) is 13.1. The molecule has 0 saturated heterocycles. The van der Waals surface area contributed by atoms with Crippen LogP contribution in [-0.2, 0) is 11.3 Å². The van der Waals surface area contributed by atoms with Crippen LogP contribution in [0.3, 0.4) is 0 Å². The Bertz CT molecular complexity index is 803. The third-order valence-electron chi connectivity index (χ3n) is 4.41. The van der Waals surface area contributed by atoms with Crippen molar-refractivity contribution in [2.45, 2.75) is 32.4 Å². The number of halogens is 1. The van der Waals surface area contributed by atoms with Crippen LogP contribution in [0.25, 0.3) is 0 Å². The molecule has 0 heterocycles. The van der Waals surface area contributed by atoms with Gasteiger partial charge in [0.2, 0.25) is 5.91 Å². The van der Waals surface area contributed by atoms with Gasteiger partial charge < -0.3 is 15.0 Å². The molecule has 0 radical (unpaired) electrons. The lowest BCUT2D eigenvalue weighted by Crippen LogP contribution is -2.41. The highest BCUT2D eigenvalue weighted by atomic mass is 19.1. The van der Waals surface area contributed by atoms with E-state index in [1.54, 1.807) is 41.3 Å². The van der Waals surface area contributed by atoms with E-state index in [-0.39, 0.29) is 30.2 Å². The maximum absolute atomic E-state index is 13.1. The van der Waals surface area contributed by atoms with Crippen LogP contribution < -0.4 is 10.1 Å². The molecule has 2 aromatic carbocycles. The summed E-state index contributed by atoms with van der Waals surface area (Å²) in [5.41, 5.74) is 1.27. The van der Waals surface area contributed by atoms with Crippen LogP contribution in [0.15, 0.2) is 48.5 Å². The van der Waals surface area contributed by atoms with Gasteiger partial charge in [-0.2, -0.15) is 0 Å². The average molecular weight is 370 g/mol. The molecule has 142 valence electrons. The summed E-state index contributed by atoms with van der Waals surface area (Å²) in [7, 11) is 0. The fourth-order valence-corrected chi connectivity index (χ4v) is 2.88. The minimum atomic E-state index is -0.343. The topological polar surface area (TPSA) is 58.6 Å². The number of benzene rings is 2. The first-order chi connectivity index (χ1) is 13.1. The molecule has 1 aliphatic carbocycles. The lowest BCUT2D eigenvalue weighted by molar-refractivity contribution is -0.131. The number of nitrogens with one attached hydrogen (secondary N) is 1. The van der Waals surface area contributed by atoms with Crippen LogP contribution in [0.5, 0.6) is 5.75 Å². The summed E-state index contributed by atoms with van der Waals surface area (Å²) in [5, 5.41) is 2.69. The minimum Gasteiger partial charge on any atom is -0.493 e. The molecular weight excluding hydrogens is 347 g/mol. The Morgan fingerprint density at radius 1 is 1.15 bits per heavy atom. The minimum absolute atomic E-state index is 0.0863. The fourth-order valence-electron chi connectivity index (χ4n) is 2.88. The number of rotatable bonds is 8. The summed E-state index contributed by atoms with van der Waals surface area (Å²) in [4.78, 5) is 26.8. The van der Waals surface area contributed by atoms with Crippen LogP contribution in [0.2, 0.25) is 0 Å². The predicted molar refractivity (Wildman–Crippen MR) is 99.9 cm³/mol. The molecule has 0 spiro atoms. The van der Waals surface area contributed by atoms with Crippen molar-refractivity contribution in [1.29, 1.82) is 0 Å². The molecule has 0 unspecified atom stereocenters. The lowest BCUT2D eigenvalue weighted by Gasteiger charge is -2.23. The second-order valence-electron chi connectivity index (χ2n) is 6.49. The molecule has 27 heavy (non-hydrogen) atoms. The van der Waals surface area contributed by atoms with Gasteiger partial charge >= 0.3 is 0 Å². The van der Waals surface area contributed by atoms with E-state index in [9.17, 15) is 14.0 Å². The molecule has 1 N–H and O–H groups in total. The van der Waals surface area contributed by atoms with Crippen LogP contribution in [-0.4, -0.2) is 35.9 Å². The zero-order valence-corrected chi connectivity index (χ0v) is 15.3. The van der Waals surface area contributed by atoms with E-state index in [1.165, 1.54) is 12.1 Å². The van der Waals surface area contributed by atoms with Crippen molar-refractivity contribution in [2.24, 2.45) is 0 Å². The molecule has 1 aliphatic rings. The van der Waals surface area contributed by atoms with E-state index in [2.05, 4.69) is 5.32 Å². The zero-order chi connectivity index (χ0) is 19.2. The monoisotopic (exact) mass is 370 g/mol. The Morgan fingerprint density at radius 2 is 1.85 bits per heavy atom. The first-order valence-corrected chi connectivity index (χ1v) is 9.12. The predicted octanol–water partition coefficient (Wildman–Crippen LogP) is 3.15. The van der Waals surface area contributed by atoms with E-state index >= 15 is 0 Å². The molecule has 5 nitrogen and oxygen atoms in total. The maximum atomic E-state index is 13.1. The summed E-state index contributed by atoms with van der Waals surface area (Å²) in [6.07, 6.45) is 1.90. The molecular formula is C21H23FN2O3. The van der Waals surface area contributed by atoms with E-state index < -0.39 is 0 Å². The second kappa shape index (κ2) is 8.66. The highest BCUT2D eigenvalue weighted by molar-refractivity contribution is 5.98. The standard InChI is InChI=1S/C21H23FN2O3/c1-2-27-19-6-4-3-5-18(19)21(26)23-13-20(25)24(17-11-12-17)14-15-7-9-16(22)10-8-15/h3-10,17H,2,11-14H2,1H3,(H,23,26). The number of carbonyl (C=O) groups excluding carboxylic acids is 2. The maximum Gasteiger partial charge on any atom is 0.255 e. The Labute approximate surface area is 158 Å². The number of carbonyl (C=O) groups is 2. The third-order valence-corrected chi connectivity index (χ3v) is 4.41. The van der Waals surface area contributed by atoms with Gasteiger partial charge in [0.15, 0.2) is 0 Å². The summed E-state index contributed by atoms with van der Waals surface area (Å²) in [6.45, 7) is 2.63. The molecule has 1 saturated carbocycles. The van der Waals surface area contributed by atoms with Gasteiger partial charge in [0.05, 0.1) is 18.7 Å². The number of hydrogen-bond acceptors (Lipinski definition) is 3. The first-order valence-electron chi connectivity index (χ1n) is 9.12. The molecule has 1 fully saturated rings. The highest BCUT2D eigenvalue weighted by Crippen LogP contribution is 2.28. The van der Waals surface area contributed by atoms with Crippen molar-refractivity contribution in [1.82, 2.24) is 10.2 Å². The Balaban J connectivity index is 1.61. The molecule has 0 aromatic heterocycles. The summed E-state index contributed by atoms with van der Waals surface area (Å²) in [6, 6.07) is 13.3. The van der Waals surface area contributed by atoms with Crippen molar-refractivity contribution in [2.75, 3.05) is 13.2 Å². The third kappa shape index (κ3) is 5.06. The number of nitrogens with zero attached hydrogens (tertiary/aromatic N) is 1. The number of amides is 2. The average Bonchev–Trinajstić information content (AvgIpc) is 3.51. The Kier molecular flexibility index (Phi) is 6.06. The number of hydrogen-bond donors (Lipinski definition) is 1. The molecule has 2 aromatic rings.